The molecule has 0 amide bonds. The molecule has 148 valence electrons. The Hall–Kier alpha value is -1.57. The predicted molar refractivity (Wildman–Crippen MR) is 103 cm³/mol. The summed E-state index contributed by atoms with van der Waals surface area (Å²) in [6.45, 7) is 12.8. The fraction of sp³-hybridized carbons (Fsp3) is 0.737. The van der Waals surface area contributed by atoms with Gasteiger partial charge < -0.3 is 24.9 Å². The minimum absolute atomic E-state index is 0.230. The van der Waals surface area contributed by atoms with Crippen LogP contribution in [0, 0.1) is 0 Å². The zero-order valence-corrected chi connectivity index (χ0v) is 16.5. The molecule has 0 bridgehead atoms. The molecule has 0 spiro atoms. The number of morpholine rings is 1. The molecule has 1 aromatic rings. The smallest absolute Gasteiger partial charge is 0.191 e. The normalized spacial score (nSPS) is 24.3. The maximum atomic E-state index is 10.5. The first-order chi connectivity index (χ1) is 12.4. The number of aliphatic hydroxyl groups is 1. The van der Waals surface area contributed by atoms with E-state index in [4.69, 9.17) is 9.15 Å². The first-order valence-electron chi connectivity index (χ1n) is 9.57. The number of hydrogen-bond acceptors (Lipinski definition) is 5. The van der Waals surface area contributed by atoms with E-state index in [0.717, 1.165) is 39.1 Å². The standard InChI is InChI=1S/C19H34N4O3/c1-5-20-18(22-14-19(4,24)17-8-6-11-25-17)21-9-7-10-23-12-15(2)26-16(3)13-23/h6,8,11,15-16,24H,5,7,9-10,12-14H2,1-4H3,(H2,20,21,22). The van der Waals surface area contributed by atoms with Gasteiger partial charge in [0.1, 0.15) is 11.4 Å². The second-order valence-corrected chi connectivity index (χ2v) is 7.24. The van der Waals surface area contributed by atoms with Gasteiger partial charge in [-0.3, -0.25) is 4.90 Å². The Kier molecular flexibility index (Phi) is 7.93. The fourth-order valence-electron chi connectivity index (χ4n) is 3.21. The molecule has 3 N–H and O–H groups in total. The molecule has 1 aliphatic rings. The molecule has 1 saturated heterocycles. The van der Waals surface area contributed by atoms with Crippen LogP contribution in [0.15, 0.2) is 27.8 Å². The zero-order valence-electron chi connectivity index (χ0n) is 16.5. The van der Waals surface area contributed by atoms with Gasteiger partial charge in [-0.2, -0.15) is 0 Å². The quantitative estimate of drug-likeness (QED) is 0.368. The Morgan fingerprint density at radius 2 is 2.08 bits per heavy atom. The topological polar surface area (TPSA) is 82.3 Å². The largest absolute Gasteiger partial charge is 0.466 e. The van der Waals surface area contributed by atoms with Gasteiger partial charge in [-0.15, -0.1) is 0 Å². The first kappa shape index (κ1) is 20.7. The van der Waals surface area contributed by atoms with Crippen LogP contribution in [0.2, 0.25) is 0 Å². The lowest BCUT2D eigenvalue weighted by Crippen LogP contribution is -2.46. The summed E-state index contributed by atoms with van der Waals surface area (Å²) in [7, 11) is 0. The number of hydrogen-bond donors (Lipinski definition) is 3. The van der Waals surface area contributed by atoms with Crippen molar-refractivity contribution in [3.8, 4) is 0 Å². The molecule has 7 heteroatoms. The van der Waals surface area contributed by atoms with Crippen LogP contribution in [0.5, 0.6) is 0 Å². The maximum absolute atomic E-state index is 10.5. The molecule has 0 aromatic carbocycles. The van der Waals surface area contributed by atoms with Crippen LogP contribution in [-0.4, -0.2) is 67.4 Å². The summed E-state index contributed by atoms with van der Waals surface area (Å²) in [4.78, 5) is 6.95. The molecule has 2 rings (SSSR count). The lowest BCUT2D eigenvalue weighted by atomic mass is 10.0. The third-order valence-corrected chi connectivity index (χ3v) is 4.38. The van der Waals surface area contributed by atoms with E-state index in [0.29, 0.717) is 23.9 Å². The van der Waals surface area contributed by atoms with E-state index >= 15 is 0 Å². The maximum Gasteiger partial charge on any atom is 0.191 e. The Bertz CT molecular complexity index is 535. The summed E-state index contributed by atoms with van der Waals surface area (Å²) in [5.41, 5.74) is -1.12. The van der Waals surface area contributed by atoms with Gasteiger partial charge >= 0.3 is 0 Å². The van der Waals surface area contributed by atoms with E-state index in [1.54, 1.807) is 25.3 Å². The molecule has 7 nitrogen and oxygen atoms in total. The molecule has 3 atom stereocenters. The highest BCUT2D eigenvalue weighted by Crippen LogP contribution is 2.21. The van der Waals surface area contributed by atoms with Crippen molar-refractivity contribution in [2.75, 3.05) is 39.3 Å². The van der Waals surface area contributed by atoms with E-state index in [-0.39, 0.29) is 6.54 Å². The lowest BCUT2D eigenvalue weighted by Gasteiger charge is -2.35. The molecule has 1 fully saturated rings. The predicted octanol–water partition coefficient (Wildman–Crippen LogP) is 1.54. The van der Waals surface area contributed by atoms with Crippen molar-refractivity contribution in [3.05, 3.63) is 24.2 Å². The average Bonchev–Trinajstić information content (AvgIpc) is 3.11. The second kappa shape index (κ2) is 9.94. The van der Waals surface area contributed by atoms with Gasteiger partial charge in [-0.05, 0) is 46.2 Å². The van der Waals surface area contributed by atoms with Crippen LogP contribution in [-0.2, 0) is 10.3 Å². The lowest BCUT2D eigenvalue weighted by molar-refractivity contribution is -0.0679. The molecular formula is C19H34N4O3. The minimum Gasteiger partial charge on any atom is -0.466 e. The molecule has 0 saturated carbocycles. The van der Waals surface area contributed by atoms with Crippen molar-refractivity contribution >= 4 is 5.96 Å². The third kappa shape index (κ3) is 6.63. The Balaban J connectivity index is 1.77. The van der Waals surface area contributed by atoms with E-state index in [1.165, 1.54) is 0 Å². The summed E-state index contributed by atoms with van der Waals surface area (Å²) < 4.78 is 11.1. The van der Waals surface area contributed by atoms with Crippen molar-refractivity contribution in [2.45, 2.75) is 51.9 Å². The Morgan fingerprint density at radius 1 is 1.35 bits per heavy atom. The van der Waals surface area contributed by atoms with Gasteiger partial charge in [-0.25, -0.2) is 4.99 Å². The van der Waals surface area contributed by atoms with Gasteiger partial charge in [0.15, 0.2) is 5.96 Å². The van der Waals surface area contributed by atoms with Crippen LogP contribution in [0.1, 0.15) is 39.9 Å². The number of ether oxygens (including phenoxy) is 1. The van der Waals surface area contributed by atoms with E-state index < -0.39 is 5.60 Å². The highest BCUT2D eigenvalue weighted by Gasteiger charge is 2.26. The Morgan fingerprint density at radius 3 is 2.69 bits per heavy atom. The summed E-state index contributed by atoms with van der Waals surface area (Å²) in [6.07, 6.45) is 3.19. The minimum atomic E-state index is -1.12. The molecule has 0 aliphatic carbocycles. The van der Waals surface area contributed by atoms with Gasteiger partial charge in [0.2, 0.25) is 0 Å². The van der Waals surface area contributed by atoms with Crippen molar-refractivity contribution in [1.29, 1.82) is 0 Å². The van der Waals surface area contributed by atoms with Gasteiger partial charge in [0.25, 0.3) is 0 Å². The van der Waals surface area contributed by atoms with E-state index in [2.05, 4.69) is 34.4 Å². The molecule has 26 heavy (non-hydrogen) atoms. The molecule has 1 aromatic heterocycles. The molecule has 2 heterocycles. The van der Waals surface area contributed by atoms with Crippen LogP contribution in [0.3, 0.4) is 0 Å². The van der Waals surface area contributed by atoms with Crippen LogP contribution in [0.4, 0.5) is 0 Å². The monoisotopic (exact) mass is 366 g/mol. The molecule has 1 aliphatic heterocycles. The van der Waals surface area contributed by atoms with Gasteiger partial charge in [0.05, 0.1) is 25.0 Å². The number of aliphatic imine (C=N–C) groups is 1. The number of rotatable bonds is 8. The van der Waals surface area contributed by atoms with Crippen molar-refractivity contribution in [1.82, 2.24) is 15.5 Å². The summed E-state index contributed by atoms with van der Waals surface area (Å²) in [5.74, 6) is 1.23. The van der Waals surface area contributed by atoms with E-state index in [9.17, 15) is 5.11 Å². The highest BCUT2D eigenvalue weighted by atomic mass is 16.5. The first-order valence-corrected chi connectivity index (χ1v) is 9.57. The van der Waals surface area contributed by atoms with Gasteiger partial charge in [-0.1, -0.05) is 0 Å². The SMILES string of the molecule is CCNC(=NCC(C)(O)c1ccco1)NCCCN1CC(C)OC(C)C1. The highest BCUT2D eigenvalue weighted by molar-refractivity contribution is 5.79. The molecule has 3 unspecified atom stereocenters. The summed E-state index contributed by atoms with van der Waals surface area (Å²) in [5, 5.41) is 17.1. The zero-order chi connectivity index (χ0) is 19.0. The van der Waals surface area contributed by atoms with Crippen molar-refractivity contribution in [3.63, 3.8) is 0 Å². The van der Waals surface area contributed by atoms with E-state index in [1.807, 2.05) is 6.92 Å². The van der Waals surface area contributed by atoms with Crippen LogP contribution in [0.25, 0.3) is 0 Å². The average molecular weight is 367 g/mol. The fourth-order valence-corrected chi connectivity index (χ4v) is 3.21. The summed E-state index contributed by atoms with van der Waals surface area (Å²) >= 11 is 0. The number of nitrogens with one attached hydrogen (secondary N) is 2. The van der Waals surface area contributed by atoms with Crippen LogP contribution >= 0.6 is 0 Å². The van der Waals surface area contributed by atoms with Crippen LogP contribution < -0.4 is 10.6 Å². The number of furan rings is 1. The van der Waals surface area contributed by atoms with Crippen molar-refractivity contribution in [2.24, 2.45) is 4.99 Å². The second-order valence-electron chi connectivity index (χ2n) is 7.24. The summed E-state index contributed by atoms with van der Waals surface area (Å²) in [6, 6.07) is 3.53. The molecule has 0 radical (unpaired) electrons. The third-order valence-electron chi connectivity index (χ3n) is 4.38. The number of nitrogens with zero attached hydrogens (tertiary/aromatic N) is 2. The van der Waals surface area contributed by atoms with Gasteiger partial charge in [0, 0.05) is 32.7 Å². The molecular weight excluding hydrogens is 332 g/mol. The number of guanidine groups is 1. The Labute approximate surface area is 156 Å². The van der Waals surface area contributed by atoms with Crippen molar-refractivity contribution < 1.29 is 14.3 Å².